The van der Waals surface area contributed by atoms with Gasteiger partial charge in [0.15, 0.2) is 17.7 Å². The van der Waals surface area contributed by atoms with Crippen LogP contribution in [0, 0.1) is 5.92 Å². The van der Waals surface area contributed by atoms with Crippen LogP contribution in [0.3, 0.4) is 0 Å². The van der Waals surface area contributed by atoms with Gasteiger partial charge in [-0.3, -0.25) is 9.47 Å². The van der Waals surface area contributed by atoms with E-state index in [9.17, 15) is 10.2 Å². The Labute approximate surface area is 259 Å². The SMILES string of the molecule is CC(C)N(C[C@H]1O[C@@H](n2cnc3c(N)ncnc32)[C@H](O)[C@@H]1O)[C@]1(I)C[C@H](CCc2nc3cc(C(C)(C)C)ccc3[nH]2)C1. The first kappa shape index (κ1) is 29.7. The standard InChI is InChI=1S/C30H41IN8O3/c1-16(2)39(13-21-24(40)25(41)28(42-21)38-15-35-23-26(32)33-14-34-27(23)38)30(31)11-17(12-30)6-9-22-36-19-8-7-18(29(3,4)5)10-20(19)37-22/h7-8,10,14-17,21,24-25,28,40-41H,6,9,11-13H2,1-5H3,(H,36,37)(H2,32,33,34)/t17-,21-,24-,25-,28-,30+/m1/s1. The van der Waals surface area contributed by atoms with Crippen LogP contribution < -0.4 is 5.73 Å². The monoisotopic (exact) mass is 688 g/mol. The van der Waals surface area contributed by atoms with Crippen molar-refractivity contribution in [2.24, 2.45) is 5.92 Å². The smallest absolute Gasteiger partial charge is 0.167 e. The van der Waals surface area contributed by atoms with E-state index in [1.54, 1.807) is 4.57 Å². The minimum absolute atomic E-state index is 0.0401. The van der Waals surface area contributed by atoms with E-state index in [0.717, 1.165) is 42.5 Å². The van der Waals surface area contributed by atoms with Gasteiger partial charge in [-0.2, -0.15) is 0 Å². The number of aliphatic hydroxyl groups is 2. The Morgan fingerprint density at radius 2 is 1.95 bits per heavy atom. The molecule has 4 aromatic rings. The van der Waals surface area contributed by atoms with Crippen molar-refractivity contribution in [1.82, 2.24) is 34.4 Å². The van der Waals surface area contributed by atoms with Crippen molar-refractivity contribution in [3.8, 4) is 0 Å². The number of rotatable bonds is 8. The Kier molecular flexibility index (Phi) is 7.74. The number of aryl methyl sites for hydroxylation is 1. The molecule has 1 saturated carbocycles. The van der Waals surface area contributed by atoms with Crippen molar-refractivity contribution in [2.75, 3.05) is 12.3 Å². The average molecular weight is 689 g/mol. The molecule has 0 radical (unpaired) electrons. The van der Waals surface area contributed by atoms with E-state index in [1.807, 2.05) is 0 Å². The summed E-state index contributed by atoms with van der Waals surface area (Å²) in [7, 11) is 0. The zero-order valence-electron chi connectivity index (χ0n) is 24.8. The fourth-order valence-electron chi connectivity index (χ4n) is 6.45. The molecule has 0 amide bonds. The third kappa shape index (κ3) is 5.40. The lowest BCUT2D eigenvalue weighted by Gasteiger charge is -2.53. The lowest BCUT2D eigenvalue weighted by Crippen LogP contribution is -2.58. The van der Waals surface area contributed by atoms with Crippen LogP contribution in [-0.2, 0) is 16.6 Å². The highest BCUT2D eigenvalue weighted by atomic mass is 127. The fourth-order valence-corrected chi connectivity index (χ4v) is 8.44. The molecule has 1 aliphatic carbocycles. The highest BCUT2D eigenvalue weighted by Gasteiger charge is 2.51. The predicted octanol–water partition coefficient (Wildman–Crippen LogP) is 4.09. The normalized spacial score (nSPS) is 28.4. The molecule has 226 valence electrons. The summed E-state index contributed by atoms with van der Waals surface area (Å²) in [5, 5.41) is 22.0. The molecule has 0 bridgehead atoms. The summed E-state index contributed by atoms with van der Waals surface area (Å²) in [6, 6.07) is 6.78. The van der Waals surface area contributed by atoms with Gasteiger partial charge in [0.2, 0.25) is 0 Å². The molecule has 4 heterocycles. The number of nitrogens with one attached hydrogen (secondary N) is 1. The van der Waals surface area contributed by atoms with Crippen molar-refractivity contribution in [3.05, 3.63) is 42.2 Å². The summed E-state index contributed by atoms with van der Waals surface area (Å²) in [4.78, 5) is 23.4. The van der Waals surface area contributed by atoms with E-state index in [2.05, 4.69) is 100 Å². The molecule has 4 atom stereocenters. The van der Waals surface area contributed by atoms with Crippen LogP contribution >= 0.6 is 22.6 Å². The Bertz CT molecular complexity index is 1570. The predicted molar refractivity (Wildman–Crippen MR) is 170 cm³/mol. The number of hydrogen-bond acceptors (Lipinski definition) is 9. The number of nitrogens with two attached hydrogens (primary N) is 1. The van der Waals surface area contributed by atoms with Gasteiger partial charge >= 0.3 is 0 Å². The first-order valence-corrected chi connectivity index (χ1v) is 15.8. The summed E-state index contributed by atoms with van der Waals surface area (Å²) in [6.45, 7) is 11.5. The Morgan fingerprint density at radius 3 is 2.67 bits per heavy atom. The first-order chi connectivity index (χ1) is 19.8. The number of hydrogen-bond donors (Lipinski definition) is 4. The number of halogens is 1. The molecule has 0 spiro atoms. The van der Waals surface area contributed by atoms with E-state index in [0.29, 0.717) is 23.6 Å². The molecule has 2 fully saturated rings. The van der Waals surface area contributed by atoms with Crippen LogP contribution in [0.15, 0.2) is 30.9 Å². The number of alkyl halides is 1. The lowest BCUT2D eigenvalue weighted by atomic mass is 9.76. The highest BCUT2D eigenvalue weighted by Crippen LogP contribution is 2.51. The van der Waals surface area contributed by atoms with Gasteiger partial charge in [-0.25, -0.2) is 19.9 Å². The number of H-pyrrole nitrogens is 1. The average Bonchev–Trinajstić information content (AvgIpc) is 3.60. The minimum atomic E-state index is -1.12. The van der Waals surface area contributed by atoms with E-state index < -0.39 is 24.5 Å². The summed E-state index contributed by atoms with van der Waals surface area (Å²) in [5.41, 5.74) is 10.4. The van der Waals surface area contributed by atoms with Crippen LogP contribution in [0.1, 0.15) is 71.5 Å². The summed E-state index contributed by atoms with van der Waals surface area (Å²) in [5.74, 6) is 1.90. The molecule has 42 heavy (non-hydrogen) atoms. The van der Waals surface area contributed by atoms with Crippen LogP contribution in [-0.4, -0.2) is 79.0 Å². The molecule has 0 unspecified atom stereocenters. The van der Waals surface area contributed by atoms with E-state index in [1.165, 1.54) is 18.2 Å². The molecule has 1 aliphatic heterocycles. The zero-order chi connectivity index (χ0) is 30.0. The number of nitrogens with zero attached hydrogens (tertiary/aromatic N) is 6. The third-order valence-corrected chi connectivity index (χ3v) is 10.4. The maximum absolute atomic E-state index is 11.0. The number of nitrogen functional groups attached to an aromatic ring is 1. The van der Waals surface area contributed by atoms with Gasteiger partial charge in [0, 0.05) is 19.0 Å². The number of anilines is 1. The molecular weight excluding hydrogens is 647 g/mol. The number of fused-ring (bicyclic) bond motifs is 2. The Balaban J connectivity index is 1.09. The van der Waals surface area contributed by atoms with Gasteiger partial charge < -0.3 is 25.7 Å². The first-order valence-electron chi connectivity index (χ1n) is 14.7. The Hall–Kier alpha value is -2.39. The molecule has 12 heteroatoms. The van der Waals surface area contributed by atoms with Crippen molar-refractivity contribution in [1.29, 1.82) is 0 Å². The van der Waals surface area contributed by atoms with E-state index in [4.69, 9.17) is 15.5 Å². The molecule has 2 aliphatic rings. The maximum atomic E-state index is 11.0. The van der Waals surface area contributed by atoms with Crippen LogP contribution in [0.5, 0.6) is 0 Å². The summed E-state index contributed by atoms with van der Waals surface area (Å²) >= 11 is 2.58. The number of aliphatic hydroxyl groups excluding tert-OH is 2. The molecule has 6 rings (SSSR count). The minimum Gasteiger partial charge on any atom is -0.387 e. The second-order valence-electron chi connectivity index (χ2n) is 13.3. The number of aromatic amines is 1. The van der Waals surface area contributed by atoms with Gasteiger partial charge in [0.05, 0.1) is 20.9 Å². The number of benzene rings is 1. The van der Waals surface area contributed by atoms with Gasteiger partial charge in [-0.05, 0) is 62.1 Å². The quantitative estimate of drug-likeness (QED) is 0.122. The second-order valence-corrected chi connectivity index (χ2v) is 15.3. The van der Waals surface area contributed by atoms with Gasteiger partial charge in [0.25, 0.3) is 0 Å². The second kappa shape index (κ2) is 11.0. The number of imidazole rings is 2. The Morgan fingerprint density at radius 1 is 1.19 bits per heavy atom. The van der Waals surface area contributed by atoms with Gasteiger partial charge in [-0.1, -0.05) is 49.4 Å². The molecule has 5 N–H and O–H groups in total. The highest BCUT2D eigenvalue weighted by molar-refractivity contribution is 14.1. The van der Waals surface area contributed by atoms with Crippen LogP contribution in [0.4, 0.5) is 5.82 Å². The third-order valence-electron chi connectivity index (χ3n) is 8.90. The summed E-state index contributed by atoms with van der Waals surface area (Å²) < 4.78 is 7.86. The number of aromatic nitrogens is 6. The topological polar surface area (TPSA) is 151 Å². The summed E-state index contributed by atoms with van der Waals surface area (Å²) in [6.07, 6.45) is 3.43. The molecular formula is C30H41IN8O3. The van der Waals surface area contributed by atoms with Crippen molar-refractivity contribution >= 4 is 50.6 Å². The van der Waals surface area contributed by atoms with E-state index >= 15 is 0 Å². The number of ether oxygens (including phenoxy) is 1. The molecule has 11 nitrogen and oxygen atoms in total. The van der Waals surface area contributed by atoms with Crippen molar-refractivity contribution in [2.45, 2.75) is 99.8 Å². The van der Waals surface area contributed by atoms with Crippen LogP contribution in [0.2, 0.25) is 0 Å². The van der Waals surface area contributed by atoms with Crippen molar-refractivity contribution < 1.29 is 14.9 Å². The van der Waals surface area contributed by atoms with Gasteiger partial charge in [0.1, 0.15) is 36.0 Å². The molecule has 1 aromatic carbocycles. The van der Waals surface area contributed by atoms with Crippen LogP contribution in [0.25, 0.3) is 22.2 Å². The van der Waals surface area contributed by atoms with Crippen molar-refractivity contribution in [3.63, 3.8) is 0 Å². The molecule has 1 saturated heterocycles. The van der Waals surface area contributed by atoms with Gasteiger partial charge in [-0.15, -0.1) is 0 Å². The largest absolute Gasteiger partial charge is 0.387 e. The van der Waals surface area contributed by atoms with E-state index in [-0.39, 0.29) is 20.8 Å². The zero-order valence-corrected chi connectivity index (χ0v) is 27.0. The maximum Gasteiger partial charge on any atom is 0.167 e. The molecule has 3 aromatic heterocycles. The lowest BCUT2D eigenvalue weighted by molar-refractivity contribution is -0.0652. The fraction of sp³-hybridized carbons (Fsp3) is 0.600.